The summed E-state index contributed by atoms with van der Waals surface area (Å²) in [7, 11) is 0. The molecule has 0 aliphatic rings. The number of aryl methyl sites for hydroxylation is 2. The average Bonchev–Trinajstić information content (AvgIpc) is 3.29. The van der Waals surface area contributed by atoms with Crippen molar-refractivity contribution in [3.05, 3.63) is 69.7 Å². The SMILES string of the molecule is CCCc1nc(C)c(C(N)=O)n1Cc1ccc2oc(-c3ccccc3NC(=O)OC(C)(C)C)c(Br)c2c1. The minimum Gasteiger partial charge on any atom is -0.455 e. The number of fused-ring (bicyclic) bond motifs is 1. The van der Waals surface area contributed by atoms with Crippen LogP contribution in [-0.2, 0) is 17.7 Å². The fraction of sp³-hybridized carbons (Fsp3) is 0.321. The molecule has 0 saturated carbocycles. The Bertz CT molecular complexity index is 1480. The summed E-state index contributed by atoms with van der Waals surface area (Å²) in [6.07, 6.45) is 1.11. The van der Waals surface area contributed by atoms with Crippen LogP contribution in [-0.4, -0.2) is 27.2 Å². The van der Waals surface area contributed by atoms with Crippen LogP contribution in [0.5, 0.6) is 0 Å². The van der Waals surface area contributed by atoms with Crippen molar-refractivity contribution in [1.29, 1.82) is 0 Å². The maximum absolute atomic E-state index is 12.4. The second-order valence-corrected chi connectivity index (χ2v) is 10.7. The fourth-order valence-corrected chi connectivity index (χ4v) is 4.90. The summed E-state index contributed by atoms with van der Waals surface area (Å²) in [4.78, 5) is 29.2. The van der Waals surface area contributed by atoms with Gasteiger partial charge in [-0.25, -0.2) is 9.78 Å². The van der Waals surface area contributed by atoms with E-state index in [1.54, 1.807) is 13.0 Å². The summed E-state index contributed by atoms with van der Waals surface area (Å²) in [6, 6.07) is 13.3. The number of hydrogen-bond acceptors (Lipinski definition) is 5. The van der Waals surface area contributed by atoms with Crippen LogP contribution in [0.25, 0.3) is 22.3 Å². The van der Waals surface area contributed by atoms with E-state index in [1.165, 1.54) is 0 Å². The van der Waals surface area contributed by atoms with Gasteiger partial charge in [0.2, 0.25) is 0 Å². The van der Waals surface area contributed by atoms with E-state index < -0.39 is 17.6 Å². The van der Waals surface area contributed by atoms with Gasteiger partial charge in [0.1, 0.15) is 22.7 Å². The van der Waals surface area contributed by atoms with Crippen molar-refractivity contribution in [3.63, 3.8) is 0 Å². The highest BCUT2D eigenvalue weighted by Crippen LogP contribution is 2.41. The number of aromatic nitrogens is 2. The molecule has 9 heteroatoms. The molecular formula is C28H31BrN4O4. The van der Waals surface area contributed by atoms with Gasteiger partial charge in [0, 0.05) is 23.9 Å². The molecule has 2 aromatic carbocycles. The monoisotopic (exact) mass is 566 g/mol. The zero-order valence-electron chi connectivity index (χ0n) is 21.6. The number of imidazole rings is 1. The number of anilines is 1. The predicted octanol–water partition coefficient (Wildman–Crippen LogP) is 6.81. The molecule has 0 aliphatic carbocycles. The zero-order valence-corrected chi connectivity index (χ0v) is 23.2. The summed E-state index contributed by atoms with van der Waals surface area (Å²) in [5, 5.41) is 3.69. The van der Waals surface area contributed by atoms with Crippen LogP contribution >= 0.6 is 15.9 Å². The topological polar surface area (TPSA) is 112 Å². The average molecular weight is 567 g/mol. The molecule has 0 aliphatic heterocycles. The molecule has 0 fully saturated rings. The van der Waals surface area contributed by atoms with Crippen LogP contribution in [0, 0.1) is 6.92 Å². The number of carbonyl (C=O) groups excluding carboxylic acids is 2. The summed E-state index contributed by atoms with van der Waals surface area (Å²) >= 11 is 3.71. The van der Waals surface area contributed by atoms with Crippen molar-refractivity contribution in [1.82, 2.24) is 9.55 Å². The Morgan fingerprint density at radius 2 is 1.92 bits per heavy atom. The number of ether oxygens (including phenoxy) is 1. The Morgan fingerprint density at radius 3 is 2.59 bits per heavy atom. The fourth-order valence-electron chi connectivity index (χ4n) is 4.30. The molecule has 4 rings (SSSR count). The van der Waals surface area contributed by atoms with Crippen molar-refractivity contribution in [2.45, 2.75) is 59.6 Å². The molecule has 0 saturated heterocycles. The van der Waals surface area contributed by atoms with Gasteiger partial charge in [-0.1, -0.05) is 25.1 Å². The summed E-state index contributed by atoms with van der Waals surface area (Å²) in [5.41, 5.74) is 9.07. The highest BCUT2D eigenvalue weighted by atomic mass is 79.9. The Kier molecular flexibility index (Phi) is 7.45. The van der Waals surface area contributed by atoms with Crippen molar-refractivity contribution in [3.8, 4) is 11.3 Å². The highest BCUT2D eigenvalue weighted by molar-refractivity contribution is 9.10. The molecule has 0 atom stereocenters. The molecule has 0 spiro atoms. The molecule has 0 unspecified atom stereocenters. The van der Waals surface area contributed by atoms with E-state index in [1.807, 2.05) is 61.7 Å². The van der Waals surface area contributed by atoms with Gasteiger partial charge in [-0.05, 0) is 79.9 Å². The van der Waals surface area contributed by atoms with Crippen LogP contribution < -0.4 is 11.1 Å². The first-order valence-corrected chi connectivity index (χ1v) is 12.9. The molecule has 2 heterocycles. The lowest BCUT2D eigenvalue weighted by Crippen LogP contribution is -2.27. The number of furan rings is 1. The molecule has 2 aromatic heterocycles. The van der Waals surface area contributed by atoms with Gasteiger partial charge in [-0.2, -0.15) is 0 Å². The Balaban J connectivity index is 1.71. The van der Waals surface area contributed by atoms with Gasteiger partial charge in [0.05, 0.1) is 15.9 Å². The number of rotatable bonds is 7. The smallest absolute Gasteiger partial charge is 0.412 e. The van der Waals surface area contributed by atoms with Crippen molar-refractivity contribution >= 4 is 44.6 Å². The minimum atomic E-state index is -0.617. The van der Waals surface area contributed by atoms with Crippen molar-refractivity contribution < 1.29 is 18.7 Å². The number of halogens is 1. The molecule has 2 amide bonds. The van der Waals surface area contributed by atoms with E-state index in [4.69, 9.17) is 14.9 Å². The lowest BCUT2D eigenvalue weighted by Gasteiger charge is -2.20. The first-order valence-electron chi connectivity index (χ1n) is 12.1. The normalized spacial score (nSPS) is 11.6. The zero-order chi connectivity index (χ0) is 26.9. The van der Waals surface area contributed by atoms with Crippen LogP contribution in [0.4, 0.5) is 10.5 Å². The Hall–Kier alpha value is -3.59. The Morgan fingerprint density at radius 1 is 1.19 bits per heavy atom. The maximum Gasteiger partial charge on any atom is 0.412 e. The van der Waals surface area contributed by atoms with Crippen molar-refractivity contribution in [2.75, 3.05) is 5.32 Å². The van der Waals surface area contributed by atoms with Crippen LogP contribution in [0.3, 0.4) is 0 Å². The summed E-state index contributed by atoms with van der Waals surface area (Å²) < 4.78 is 14.3. The number of carbonyl (C=O) groups is 2. The standard InChI is InChI=1S/C28H31BrN4O4/c1-6-9-22-31-16(2)24(26(30)34)33(22)15-17-12-13-21-19(14-17)23(29)25(36-21)18-10-7-8-11-20(18)32-27(35)37-28(3,4)5/h7-8,10-14H,6,9,15H2,1-5H3,(H2,30,34)(H,32,35). The van der Waals surface area contributed by atoms with Gasteiger partial charge in [0.25, 0.3) is 5.91 Å². The molecule has 3 N–H and O–H groups in total. The molecular weight excluding hydrogens is 536 g/mol. The van der Waals surface area contributed by atoms with Gasteiger partial charge >= 0.3 is 6.09 Å². The number of primary amides is 1. The van der Waals surface area contributed by atoms with Gasteiger partial charge in [-0.3, -0.25) is 10.1 Å². The van der Waals surface area contributed by atoms with Crippen LogP contribution in [0.15, 0.2) is 51.4 Å². The van der Waals surface area contributed by atoms with E-state index in [0.29, 0.717) is 40.5 Å². The van der Waals surface area contributed by atoms with E-state index in [0.717, 1.165) is 34.1 Å². The number of hydrogen-bond donors (Lipinski definition) is 2. The van der Waals surface area contributed by atoms with E-state index in [9.17, 15) is 9.59 Å². The van der Waals surface area contributed by atoms with Gasteiger partial charge in [-0.15, -0.1) is 0 Å². The van der Waals surface area contributed by atoms with E-state index in [-0.39, 0.29) is 0 Å². The molecule has 0 radical (unpaired) electrons. The van der Waals surface area contributed by atoms with Gasteiger partial charge < -0.3 is 19.5 Å². The number of nitrogens with zero attached hydrogens (tertiary/aromatic N) is 2. The lowest BCUT2D eigenvalue weighted by atomic mass is 10.1. The maximum atomic E-state index is 12.4. The first kappa shape index (κ1) is 26.5. The number of nitrogens with two attached hydrogens (primary N) is 1. The van der Waals surface area contributed by atoms with E-state index >= 15 is 0 Å². The highest BCUT2D eigenvalue weighted by Gasteiger charge is 2.22. The third-order valence-corrected chi connectivity index (χ3v) is 6.56. The first-order chi connectivity index (χ1) is 17.5. The second kappa shape index (κ2) is 10.4. The summed E-state index contributed by atoms with van der Waals surface area (Å²) in [5.74, 6) is 0.930. The van der Waals surface area contributed by atoms with Crippen LogP contribution in [0.2, 0.25) is 0 Å². The second-order valence-electron chi connectivity index (χ2n) is 9.91. The lowest BCUT2D eigenvalue weighted by molar-refractivity contribution is 0.0635. The van der Waals surface area contributed by atoms with Crippen molar-refractivity contribution in [2.24, 2.45) is 5.73 Å². The molecule has 194 valence electrons. The molecule has 37 heavy (non-hydrogen) atoms. The molecule has 0 bridgehead atoms. The number of para-hydroxylation sites is 1. The number of benzene rings is 2. The number of nitrogens with one attached hydrogen (secondary N) is 1. The Labute approximate surface area is 224 Å². The predicted molar refractivity (Wildman–Crippen MR) is 148 cm³/mol. The largest absolute Gasteiger partial charge is 0.455 e. The molecule has 8 nitrogen and oxygen atoms in total. The van der Waals surface area contributed by atoms with Crippen LogP contribution in [0.1, 0.15) is 61.7 Å². The third-order valence-electron chi connectivity index (χ3n) is 5.77. The minimum absolute atomic E-state index is 0.428. The van der Waals surface area contributed by atoms with Gasteiger partial charge in [0.15, 0.2) is 5.76 Å². The quantitative estimate of drug-likeness (QED) is 0.255. The number of amides is 2. The van der Waals surface area contributed by atoms with E-state index in [2.05, 4.69) is 33.2 Å². The molecule has 4 aromatic rings. The summed E-state index contributed by atoms with van der Waals surface area (Å²) in [6.45, 7) is 9.77. The third kappa shape index (κ3) is 5.72.